The van der Waals surface area contributed by atoms with E-state index in [0.29, 0.717) is 11.3 Å². The third-order valence-electron chi connectivity index (χ3n) is 5.49. The Hall–Kier alpha value is -3.08. The Bertz CT molecular complexity index is 891. The fourth-order valence-electron chi connectivity index (χ4n) is 3.86. The van der Waals surface area contributed by atoms with Crippen LogP contribution in [0.5, 0.6) is 5.75 Å². The topological polar surface area (TPSA) is 55.8 Å². The standard InChI is InChI=1S/C25H29NO4/c1-3-21-14-9-10-16-26(21)24(27)18-30-25(28)22(19-11-5-4-6-12-19)17-20-13-7-8-15-23(20)29-2/h4-8,11-13,15,17,21H,3,9-10,14,16,18H2,1-2H3/b22-17+/t21-/m0/s1. The smallest absolute Gasteiger partial charge is 0.339 e. The van der Waals surface area contributed by atoms with E-state index in [9.17, 15) is 9.59 Å². The Kier molecular flexibility index (Phi) is 7.66. The predicted molar refractivity (Wildman–Crippen MR) is 118 cm³/mol. The number of piperidine rings is 1. The van der Waals surface area contributed by atoms with Crippen molar-refractivity contribution in [3.8, 4) is 5.75 Å². The van der Waals surface area contributed by atoms with Crippen LogP contribution < -0.4 is 4.74 Å². The molecule has 1 aliphatic rings. The second-order valence-electron chi connectivity index (χ2n) is 7.39. The van der Waals surface area contributed by atoms with Crippen molar-refractivity contribution < 1.29 is 19.1 Å². The van der Waals surface area contributed by atoms with E-state index in [2.05, 4.69) is 6.92 Å². The highest BCUT2D eigenvalue weighted by Gasteiger charge is 2.26. The number of hydrogen-bond donors (Lipinski definition) is 0. The number of rotatable bonds is 7. The van der Waals surface area contributed by atoms with Crippen LogP contribution in [-0.4, -0.2) is 43.1 Å². The molecule has 1 saturated heterocycles. The fourth-order valence-corrected chi connectivity index (χ4v) is 3.86. The van der Waals surface area contributed by atoms with Gasteiger partial charge in [0.1, 0.15) is 5.75 Å². The van der Waals surface area contributed by atoms with Crippen molar-refractivity contribution in [2.75, 3.05) is 20.3 Å². The number of para-hydroxylation sites is 1. The maximum absolute atomic E-state index is 13.0. The summed E-state index contributed by atoms with van der Waals surface area (Å²) in [5.74, 6) is 0.0130. The number of hydrogen-bond acceptors (Lipinski definition) is 4. The number of methoxy groups -OCH3 is 1. The van der Waals surface area contributed by atoms with Crippen molar-refractivity contribution in [3.05, 3.63) is 65.7 Å². The van der Waals surface area contributed by atoms with Crippen molar-refractivity contribution in [1.82, 2.24) is 4.90 Å². The van der Waals surface area contributed by atoms with E-state index in [1.807, 2.05) is 59.5 Å². The molecular weight excluding hydrogens is 378 g/mol. The van der Waals surface area contributed by atoms with Crippen LogP contribution in [0.1, 0.15) is 43.7 Å². The van der Waals surface area contributed by atoms with Gasteiger partial charge in [0.2, 0.25) is 0 Å². The van der Waals surface area contributed by atoms with Gasteiger partial charge in [-0.25, -0.2) is 4.79 Å². The lowest BCUT2D eigenvalue weighted by atomic mass is 10.00. The van der Waals surface area contributed by atoms with Gasteiger partial charge in [-0.05, 0) is 43.4 Å². The lowest BCUT2D eigenvalue weighted by Gasteiger charge is -2.35. The maximum Gasteiger partial charge on any atom is 0.339 e. The van der Waals surface area contributed by atoms with E-state index in [1.54, 1.807) is 13.2 Å². The summed E-state index contributed by atoms with van der Waals surface area (Å²) in [6, 6.07) is 17.0. The number of amides is 1. The highest BCUT2D eigenvalue weighted by molar-refractivity contribution is 6.22. The third-order valence-corrected chi connectivity index (χ3v) is 5.49. The Balaban J connectivity index is 1.79. The molecule has 2 aromatic carbocycles. The number of carbonyl (C=O) groups is 2. The van der Waals surface area contributed by atoms with Gasteiger partial charge >= 0.3 is 5.97 Å². The lowest BCUT2D eigenvalue weighted by molar-refractivity contribution is -0.149. The van der Waals surface area contributed by atoms with Crippen LogP contribution in [0.4, 0.5) is 0 Å². The largest absolute Gasteiger partial charge is 0.496 e. The summed E-state index contributed by atoms with van der Waals surface area (Å²) >= 11 is 0. The zero-order valence-electron chi connectivity index (χ0n) is 17.7. The summed E-state index contributed by atoms with van der Waals surface area (Å²) in [5, 5.41) is 0. The van der Waals surface area contributed by atoms with E-state index >= 15 is 0 Å². The first-order valence-corrected chi connectivity index (χ1v) is 10.5. The summed E-state index contributed by atoms with van der Waals surface area (Å²) in [7, 11) is 1.59. The minimum absolute atomic E-state index is 0.125. The monoisotopic (exact) mass is 407 g/mol. The third kappa shape index (κ3) is 5.29. The van der Waals surface area contributed by atoms with Gasteiger partial charge in [0.15, 0.2) is 6.61 Å². The Morgan fingerprint density at radius 1 is 1.07 bits per heavy atom. The molecule has 5 heteroatoms. The molecule has 1 aliphatic heterocycles. The van der Waals surface area contributed by atoms with Crippen molar-refractivity contribution in [2.24, 2.45) is 0 Å². The Labute approximate surface area is 178 Å². The van der Waals surface area contributed by atoms with Crippen molar-refractivity contribution >= 4 is 23.5 Å². The molecule has 0 aliphatic carbocycles. The number of esters is 1. The van der Waals surface area contributed by atoms with Gasteiger partial charge in [0, 0.05) is 18.2 Å². The van der Waals surface area contributed by atoms with Crippen molar-refractivity contribution in [1.29, 1.82) is 0 Å². The van der Waals surface area contributed by atoms with Crippen LogP contribution in [0.2, 0.25) is 0 Å². The normalized spacial score (nSPS) is 16.8. The molecule has 1 amide bonds. The first-order valence-electron chi connectivity index (χ1n) is 10.5. The lowest BCUT2D eigenvalue weighted by Crippen LogP contribution is -2.45. The highest BCUT2D eigenvalue weighted by Crippen LogP contribution is 2.26. The second-order valence-corrected chi connectivity index (χ2v) is 7.39. The van der Waals surface area contributed by atoms with Gasteiger partial charge in [-0.3, -0.25) is 4.79 Å². The molecule has 0 unspecified atom stereocenters. The zero-order valence-corrected chi connectivity index (χ0v) is 17.7. The molecule has 0 radical (unpaired) electrons. The molecule has 1 heterocycles. The van der Waals surface area contributed by atoms with Crippen LogP contribution in [0.3, 0.4) is 0 Å². The molecule has 158 valence electrons. The first-order chi connectivity index (χ1) is 14.6. The molecule has 0 saturated carbocycles. The predicted octanol–water partition coefficient (Wildman–Crippen LogP) is 4.57. The van der Waals surface area contributed by atoms with Crippen LogP contribution >= 0.6 is 0 Å². The summed E-state index contributed by atoms with van der Waals surface area (Å²) in [4.78, 5) is 27.5. The molecule has 0 N–H and O–H groups in total. The van der Waals surface area contributed by atoms with Crippen LogP contribution in [0.15, 0.2) is 54.6 Å². The van der Waals surface area contributed by atoms with E-state index in [-0.39, 0.29) is 18.6 Å². The van der Waals surface area contributed by atoms with Crippen LogP contribution in [-0.2, 0) is 14.3 Å². The fraction of sp³-hybridized carbons (Fsp3) is 0.360. The van der Waals surface area contributed by atoms with E-state index < -0.39 is 5.97 Å². The average molecular weight is 408 g/mol. The molecule has 2 aromatic rings. The van der Waals surface area contributed by atoms with Crippen molar-refractivity contribution in [2.45, 2.75) is 38.6 Å². The van der Waals surface area contributed by atoms with Gasteiger partial charge < -0.3 is 14.4 Å². The Morgan fingerprint density at radius 2 is 1.80 bits per heavy atom. The SMILES string of the molecule is CC[C@H]1CCCCN1C(=O)COC(=O)/C(=C/c1ccccc1OC)c1ccccc1. The summed E-state index contributed by atoms with van der Waals surface area (Å²) in [6.07, 6.45) is 5.82. The minimum Gasteiger partial charge on any atom is -0.496 e. The zero-order chi connectivity index (χ0) is 21.3. The van der Waals surface area contributed by atoms with Gasteiger partial charge in [-0.15, -0.1) is 0 Å². The average Bonchev–Trinajstić information content (AvgIpc) is 2.81. The van der Waals surface area contributed by atoms with E-state index in [4.69, 9.17) is 9.47 Å². The molecule has 0 aromatic heterocycles. The summed E-state index contributed by atoms with van der Waals surface area (Å²) in [6.45, 7) is 2.58. The van der Waals surface area contributed by atoms with Gasteiger partial charge in [-0.1, -0.05) is 55.5 Å². The second kappa shape index (κ2) is 10.6. The van der Waals surface area contributed by atoms with E-state index in [0.717, 1.165) is 43.4 Å². The number of carbonyl (C=O) groups excluding carboxylic acids is 2. The van der Waals surface area contributed by atoms with Gasteiger partial charge in [0.25, 0.3) is 5.91 Å². The molecule has 0 spiro atoms. The number of likely N-dealkylation sites (tertiary alicyclic amines) is 1. The molecule has 0 bridgehead atoms. The van der Waals surface area contributed by atoms with E-state index in [1.165, 1.54) is 0 Å². The van der Waals surface area contributed by atoms with Crippen molar-refractivity contribution in [3.63, 3.8) is 0 Å². The van der Waals surface area contributed by atoms with Crippen LogP contribution in [0.25, 0.3) is 11.6 Å². The first kappa shape index (κ1) is 21.6. The maximum atomic E-state index is 13.0. The molecule has 3 rings (SSSR count). The highest BCUT2D eigenvalue weighted by atomic mass is 16.5. The molecule has 1 fully saturated rings. The number of benzene rings is 2. The minimum atomic E-state index is -0.523. The summed E-state index contributed by atoms with van der Waals surface area (Å²) in [5.41, 5.74) is 1.88. The quantitative estimate of drug-likeness (QED) is 0.383. The number of nitrogens with zero attached hydrogens (tertiary/aromatic N) is 1. The molecule has 30 heavy (non-hydrogen) atoms. The van der Waals surface area contributed by atoms with Crippen LogP contribution in [0, 0.1) is 0 Å². The number of ether oxygens (including phenoxy) is 2. The Morgan fingerprint density at radius 3 is 2.53 bits per heavy atom. The molecule has 1 atom stereocenters. The summed E-state index contributed by atoms with van der Waals surface area (Å²) < 4.78 is 10.9. The van der Waals surface area contributed by atoms with Gasteiger partial charge in [-0.2, -0.15) is 0 Å². The molecular formula is C25H29NO4. The molecule has 5 nitrogen and oxygen atoms in total. The van der Waals surface area contributed by atoms with Gasteiger partial charge in [0.05, 0.1) is 12.7 Å².